The van der Waals surface area contributed by atoms with Crippen LogP contribution < -0.4 is 0 Å². The molecular weight excluding hydrogens is 170 g/mol. The summed E-state index contributed by atoms with van der Waals surface area (Å²) in [6.45, 7) is 0. The average Bonchev–Trinajstić information content (AvgIpc) is 2.62. The zero-order valence-electron chi connectivity index (χ0n) is 6.77. The van der Waals surface area contributed by atoms with E-state index in [1.54, 1.807) is 6.07 Å². The predicted molar refractivity (Wildman–Crippen MR) is 45.6 cm³/mol. The fraction of sp³-hybridized carbons (Fsp3) is 0.222. The van der Waals surface area contributed by atoms with Crippen LogP contribution in [0.25, 0.3) is 0 Å². The van der Waals surface area contributed by atoms with Gasteiger partial charge in [0.25, 0.3) is 0 Å². The van der Waals surface area contributed by atoms with Crippen LogP contribution in [0.4, 0.5) is 0 Å². The van der Waals surface area contributed by atoms with Crippen LogP contribution >= 0.6 is 0 Å². The molecule has 67 valence electrons. The molecule has 0 amide bonds. The second kappa shape index (κ2) is 2.97. The Hall–Kier alpha value is -1.71. The van der Waals surface area contributed by atoms with Gasteiger partial charge in [-0.3, -0.25) is 0 Å². The van der Waals surface area contributed by atoms with E-state index < -0.39 is 0 Å². The number of aromatic hydroxyl groups is 2. The molecule has 1 aromatic carbocycles. The molecule has 2 rings (SSSR count). The molecule has 1 aromatic rings. The van der Waals surface area contributed by atoms with Crippen LogP contribution in [0.5, 0.6) is 11.5 Å². The van der Waals surface area contributed by atoms with E-state index in [0.29, 0.717) is 6.42 Å². The second-order valence-electron chi connectivity index (χ2n) is 2.80. The lowest BCUT2D eigenvalue weighted by Gasteiger charge is -2.08. The second-order valence-corrected chi connectivity index (χ2v) is 2.80. The van der Waals surface area contributed by atoms with Gasteiger partial charge >= 0.3 is 0 Å². The van der Waals surface area contributed by atoms with Crippen molar-refractivity contribution in [2.24, 2.45) is 5.16 Å². The minimum absolute atomic E-state index is 0.133. The molecule has 4 heteroatoms. The molecule has 4 nitrogen and oxygen atoms in total. The molecule has 0 aromatic heterocycles. The van der Waals surface area contributed by atoms with Crippen molar-refractivity contribution in [2.45, 2.75) is 12.5 Å². The Kier molecular flexibility index (Phi) is 1.81. The molecule has 0 fully saturated rings. The number of nitrogens with zero attached hydrogens (tertiary/aromatic N) is 1. The first-order valence-corrected chi connectivity index (χ1v) is 3.88. The molecule has 0 aliphatic carbocycles. The lowest BCUT2D eigenvalue weighted by atomic mass is 10.1. The van der Waals surface area contributed by atoms with E-state index in [9.17, 15) is 5.11 Å². The number of hydrogen-bond acceptors (Lipinski definition) is 4. The maximum Gasteiger partial charge on any atom is 0.158 e. The summed E-state index contributed by atoms with van der Waals surface area (Å²) in [5, 5.41) is 21.8. The van der Waals surface area contributed by atoms with E-state index in [2.05, 4.69) is 11.4 Å². The largest absolute Gasteiger partial charge is 0.504 e. The third-order valence-electron chi connectivity index (χ3n) is 1.89. The quantitative estimate of drug-likeness (QED) is 0.639. The third-order valence-corrected chi connectivity index (χ3v) is 1.89. The normalized spacial score (nSPS) is 20.2. The Morgan fingerprint density at radius 1 is 1.38 bits per heavy atom. The first-order valence-electron chi connectivity index (χ1n) is 3.88. The zero-order valence-corrected chi connectivity index (χ0v) is 6.77. The molecule has 13 heavy (non-hydrogen) atoms. The van der Waals surface area contributed by atoms with Gasteiger partial charge in [0, 0.05) is 6.42 Å². The third kappa shape index (κ3) is 1.42. The Bertz CT molecular complexity index is 341. The van der Waals surface area contributed by atoms with Gasteiger partial charge in [-0.25, -0.2) is 0 Å². The van der Waals surface area contributed by atoms with E-state index in [-0.39, 0.29) is 17.6 Å². The van der Waals surface area contributed by atoms with Gasteiger partial charge in [-0.05, 0) is 17.7 Å². The molecule has 0 spiro atoms. The molecule has 0 saturated carbocycles. The predicted octanol–water partition coefficient (Wildman–Crippen LogP) is 1.42. The van der Waals surface area contributed by atoms with Crippen molar-refractivity contribution in [1.82, 2.24) is 0 Å². The SMILES string of the molecule is Oc1ccc(C2C[C]=NO2)cc1O. The van der Waals surface area contributed by atoms with E-state index in [0.717, 1.165) is 5.56 Å². The summed E-state index contributed by atoms with van der Waals surface area (Å²) in [4.78, 5) is 4.95. The van der Waals surface area contributed by atoms with E-state index in [1.807, 2.05) is 0 Å². The minimum atomic E-state index is -0.188. The van der Waals surface area contributed by atoms with Gasteiger partial charge in [0.2, 0.25) is 0 Å². The Morgan fingerprint density at radius 3 is 2.85 bits per heavy atom. The van der Waals surface area contributed by atoms with Crippen LogP contribution in [0, 0.1) is 0 Å². The Balaban J connectivity index is 2.26. The molecule has 0 saturated heterocycles. The highest BCUT2D eigenvalue weighted by molar-refractivity contribution is 5.59. The van der Waals surface area contributed by atoms with Crippen LogP contribution in [0.3, 0.4) is 0 Å². The van der Waals surface area contributed by atoms with Crippen molar-refractivity contribution in [3.8, 4) is 11.5 Å². The van der Waals surface area contributed by atoms with Crippen molar-refractivity contribution >= 4 is 6.21 Å². The number of phenols is 2. The molecule has 0 bridgehead atoms. The summed E-state index contributed by atoms with van der Waals surface area (Å²) < 4.78 is 0. The molecule has 1 aliphatic heterocycles. The molecular formula is C9H8NO3. The topological polar surface area (TPSA) is 62.1 Å². The number of benzene rings is 1. The van der Waals surface area contributed by atoms with Gasteiger partial charge in [0.05, 0.1) is 0 Å². The smallest absolute Gasteiger partial charge is 0.158 e. The van der Waals surface area contributed by atoms with E-state index in [4.69, 9.17) is 9.94 Å². The molecule has 1 aliphatic rings. The molecule has 1 atom stereocenters. The van der Waals surface area contributed by atoms with Gasteiger partial charge in [-0.15, -0.1) is 0 Å². The van der Waals surface area contributed by atoms with Crippen molar-refractivity contribution < 1.29 is 15.1 Å². The van der Waals surface area contributed by atoms with Crippen molar-refractivity contribution in [3.63, 3.8) is 0 Å². The highest BCUT2D eigenvalue weighted by atomic mass is 16.6. The van der Waals surface area contributed by atoms with Gasteiger partial charge in [0.15, 0.2) is 17.6 Å². The maximum absolute atomic E-state index is 9.20. The van der Waals surface area contributed by atoms with Crippen molar-refractivity contribution in [1.29, 1.82) is 0 Å². The zero-order chi connectivity index (χ0) is 9.26. The molecule has 1 heterocycles. The highest BCUT2D eigenvalue weighted by Crippen LogP contribution is 2.31. The lowest BCUT2D eigenvalue weighted by Crippen LogP contribution is -1.94. The molecule has 1 unspecified atom stereocenters. The number of phenolic OH excluding ortho intramolecular Hbond substituents is 2. The fourth-order valence-corrected chi connectivity index (χ4v) is 1.18. The average molecular weight is 178 g/mol. The van der Waals surface area contributed by atoms with Gasteiger partial charge in [-0.1, -0.05) is 11.2 Å². The minimum Gasteiger partial charge on any atom is -0.504 e. The van der Waals surface area contributed by atoms with Crippen LogP contribution in [0.15, 0.2) is 23.4 Å². The lowest BCUT2D eigenvalue weighted by molar-refractivity contribution is 0.0856. The summed E-state index contributed by atoms with van der Waals surface area (Å²) in [6.07, 6.45) is 3.05. The van der Waals surface area contributed by atoms with Crippen LogP contribution in [-0.4, -0.2) is 16.4 Å². The fourth-order valence-electron chi connectivity index (χ4n) is 1.18. The van der Waals surface area contributed by atoms with Gasteiger partial charge < -0.3 is 15.1 Å². The Labute approximate surface area is 75.1 Å². The van der Waals surface area contributed by atoms with E-state index in [1.165, 1.54) is 12.1 Å². The summed E-state index contributed by atoms with van der Waals surface area (Å²) >= 11 is 0. The summed E-state index contributed by atoms with van der Waals surface area (Å²) in [7, 11) is 0. The highest BCUT2D eigenvalue weighted by Gasteiger charge is 2.17. The Morgan fingerprint density at radius 2 is 2.23 bits per heavy atom. The first kappa shape index (κ1) is 7.91. The van der Waals surface area contributed by atoms with Crippen LogP contribution in [0.2, 0.25) is 0 Å². The number of rotatable bonds is 1. The number of hydrogen-bond donors (Lipinski definition) is 2. The van der Waals surface area contributed by atoms with Crippen LogP contribution in [-0.2, 0) is 4.84 Å². The summed E-state index contributed by atoms with van der Waals surface area (Å²) in [5.41, 5.74) is 0.782. The van der Waals surface area contributed by atoms with Crippen LogP contribution in [0.1, 0.15) is 18.1 Å². The molecule has 2 N–H and O–H groups in total. The standard InChI is InChI=1S/C9H8NO3/c11-7-2-1-6(5-8(7)12)9-3-4-10-13-9/h1-2,5,9,11-12H,3H2. The van der Waals surface area contributed by atoms with Crippen molar-refractivity contribution in [3.05, 3.63) is 23.8 Å². The monoisotopic (exact) mass is 178 g/mol. The van der Waals surface area contributed by atoms with Gasteiger partial charge in [-0.2, -0.15) is 0 Å². The maximum atomic E-state index is 9.20. The molecule has 1 radical (unpaired) electrons. The van der Waals surface area contributed by atoms with Gasteiger partial charge in [0.1, 0.15) is 6.21 Å². The first-order chi connectivity index (χ1) is 6.27. The van der Waals surface area contributed by atoms with Crippen molar-refractivity contribution in [2.75, 3.05) is 0 Å². The summed E-state index contributed by atoms with van der Waals surface area (Å²) in [6, 6.07) is 4.57. The summed E-state index contributed by atoms with van der Waals surface area (Å²) in [5.74, 6) is -0.278. The van der Waals surface area contributed by atoms with E-state index >= 15 is 0 Å².